The number of ether oxygens (including phenoxy) is 5. The molecule has 1 fully saturated rings. The summed E-state index contributed by atoms with van der Waals surface area (Å²) in [4.78, 5) is 15.6. The Hall–Kier alpha value is -2.68. The minimum Gasteiger partial charge on any atom is -0.502 e. The van der Waals surface area contributed by atoms with E-state index in [2.05, 4.69) is 18.7 Å². The number of Topliss-reactive ketones (excluding diaryl/α,β-unsaturated/α-hetero) is 1. The highest BCUT2D eigenvalue weighted by molar-refractivity contribution is 5.87. The quantitative estimate of drug-likeness (QED) is 0.655. The summed E-state index contributed by atoms with van der Waals surface area (Å²) >= 11 is 0. The third-order valence-electron chi connectivity index (χ3n) is 7.11. The Morgan fingerprint density at radius 1 is 1.00 bits per heavy atom. The van der Waals surface area contributed by atoms with Crippen molar-refractivity contribution in [1.82, 2.24) is 4.90 Å². The Morgan fingerprint density at radius 2 is 1.59 bits per heavy atom. The summed E-state index contributed by atoms with van der Waals surface area (Å²) in [6.45, 7) is 6.12. The van der Waals surface area contributed by atoms with Gasteiger partial charge in [0.2, 0.25) is 12.5 Å². The Kier molecular flexibility index (Phi) is 6.85. The van der Waals surface area contributed by atoms with E-state index in [0.29, 0.717) is 23.0 Å². The van der Waals surface area contributed by atoms with Gasteiger partial charge in [-0.05, 0) is 54.0 Å². The number of phenols is 1. The SMILES string of the molecule is CCN(CC)[C@@H]1c2cc3c(cc2[C@@H](c2cc(OC)c(O)c(OC)c2)[C@H]2C(=O)CO[C@@H]21)OCO3.Cl. The number of likely N-dealkylation sites (N-methyl/N-ethyl adjacent to an activating group) is 1. The van der Waals surface area contributed by atoms with Crippen LogP contribution in [0.5, 0.6) is 28.7 Å². The maximum Gasteiger partial charge on any atom is 0.231 e. The summed E-state index contributed by atoms with van der Waals surface area (Å²) in [6, 6.07) is 7.49. The molecule has 0 bridgehead atoms. The van der Waals surface area contributed by atoms with E-state index in [1.807, 2.05) is 12.1 Å². The van der Waals surface area contributed by atoms with Gasteiger partial charge < -0.3 is 28.8 Å². The topological polar surface area (TPSA) is 86.7 Å². The van der Waals surface area contributed by atoms with Gasteiger partial charge in [0.25, 0.3) is 0 Å². The molecule has 3 aliphatic rings. The van der Waals surface area contributed by atoms with E-state index in [4.69, 9.17) is 23.7 Å². The average Bonchev–Trinajstić information content (AvgIpc) is 3.44. The fourth-order valence-corrected chi connectivity index (χ4v) is 5.60. The lowest BCUT2D eigenvalue weighted by Crippen LogP contribution is -2.45. The zero-order valence-electron chi connectivity index (χ0n) is 19.7. The molecule has 2 heterocycles. The molecule has 0 spiro atoms. The van der Waals surface area contributed by atoms with Crippen molar-refractivity contribution >= 4 is 18.2 Å². The molecule has 0 saturated carbocycles. The fourth-order valence-electron chi connectivity index (χ4n) is 5.60. The number of rotatable bonds is 6. The van der Waals surface area contributed by atoms with E-state index in [0.717, 1.165) is 29.8 Å². The lowest BCUT2D eigenvalue weighted by molar-refractivity contribution is -0.121. The van der Waals surface area contributed by atoms with Crippen molar-refractivity contribution in [3.63, 3.8) is 0 Å². The maximum atomic E-state index is 13.2. The zero-order valence-corrected chi connectivity index (χ0v) is 20.5. The van der Waals surface area contributed by atoms with Gasteiger partial charge in [-0.25, -0.2) is 0 Å². The minimum absolute atomic E-state index is 0. The second kappa shape index (κ2) is 9.52. The van der Waals surface area contributed by atoms with Crippen LogP contribution < -0.4 is 18.9 Å². The standard InChI is InChI=1S/C25H29NO7.ClH/c1-5-26(6-2)23-15-10-18-17(32-12-33-18)9-14(15)21(22-16(27)11-31-25(22)23)13-7-19(29-3)24(28)20(8-13)30-4;/h7-10,21-23,25,28H,5-6,11-12H2,1-4H3;1H/t21-,22-,23-,25+;/m1./s1. The van der Waals surface area contributed by atoms with Crippen molar-refractivity contribution < 1.29 is 33.6 Å². The second-order valence-electron chi connectivity index (χ2n) is 8.52. The Morgan fingerprint density at radius 3 is 2.15 bits per heavy atom. The Balaban J connectivity index is 0.00000274. The van der Waals surface area contributed by atoms with Gasteiger partial charge in [0.15, 0.2) is 28.8 Å². The number of carbonyl (C=O) groups excluding carboxylic acids is 1. The molecule has 1 aliphatic carbocycles. The summed E-state index contributed by atoms with van der Waals surface area (Å²) in [6.07, 6.45) is -0.305. The highest BCUT2D eigenvalue weighted by Crippen LogP contribution is 2.55. The van der Waals surface area contributed by atoms with Crippen molar-refractivity contribution in [2.45, 2.75) is 31.9 Å². The van der Waals surface area contributed by atoms with Crippen LogP contribution in [0.4, 0.5) is 0 Å². The summed E-state index contributed by atoms with van der Waals surface area (Å²) < 4.78 is 28.4. The lowest BCUT2D eigenvalue weighted by atomic mass is 9.67. The smallest absolute Gasteiger partial charge is 0.231 e. The third kappa shape index (κ3) is 3.65. The first-order chi connectivity index (χ1) is 16.0. The van der Waals surface area contributed by atoms with Crippen molar-refractivity contribution in [3.05, 3.63) is 41.0 Å². The molecule has 0 aromatic heterocycles. The molecule has 8 nitrogen and oxygen atoms in total. The fraction of sp³-hybridized carbons (Fsp3) is 0.480. The molecule has 1 saturated heterocycles. The molecule has 0 amide bonds. The predicted octanol–water partition coefficient (Wildman–Crippen LogP) is 3.67. The van der Waals surface area contributed by atoms with Gasteiger partial charge in [-0.1, -0.05) is 13.8 Å². The number of aromatic hydroxyl groups is 1. The summed E-state index contributed by atoms with van der Waals surface area (Å²) in [7, 11) is 2.99. The van der Waals surface area contributed by atoms with Crippen LogP contribution in [0.3, 0.4) is 0 Å². The van der Waals surface area contributed by atoms with Crippen LogP contribution in [0.1, 0.15) is 42.5 Å². The Bertz CT molecular complexity index is 1060. The third-order valence-corrected chi connectivity index (χ3v) is 7.11. The van der Waals surface area contributed by atoms with Crippen LogP contribution in [0.15, 0.2) is 24.3 Å². The number of carbonyl (C=O) groups is 1. The molecule has 4 atom stereocenters. The van der Waals surface area contributed by atoms with E-state index < -0.39 is 0 Å². The van der Waals surface area contributed by atoms with Crippen LogP contribution >= 0.6 is 12.4 Å². The first-order valence-corrected chi connectivity index (χ1v) is 11.3. The number of nitrogens with zero attached hydrogens (tertiary/aromatic N) is 1. The Labute approximate surface area is 205 Å². The van der Waals surface area contributed by atoms with Crippen LogP contribution in [-0.4, -0.2) is 62.6 Å². The average molecular weight is 492 g/mol. The number of benzene rings is 2. The maximum absolute atomic E-state index is 13.2. The monoisotopic (exact) mass is 491 g/mol. The van der Waals surface area contributed by atoms with E-state index in [-0.39, 0.29) is 61.3 Å². The van der Waals surface area contributed by atoms with Crippen LogP contribution in [0.25, 0.3) is 0 Å². The van der Waals surface area contributed by atoms with Gasteiger partial charge in [0.1, 0.15) is 6.61 Å². The molecule has 184 valence electrons. The van der Waals surface area contributed by atoms with Crippen molar-refractivity contribution in [2.75, 3.05) is 40.7 Å². The molecule has 9 heteroatoms. The number of ketones is 1. The normalized spacial score (nSPS) is 24.4. The number of phenolic OH excluding ortho intramolecular Hbond substituents is 1. The molecule has 2 aromatic rings. The largest absolute Gasteiger partial charge is 0.502 e. The van der Waals surface area contributed by atoms with Gasteiger partial charge in [-0.2, -0.15) is 0 Å². The molecular formula is C25H30ClNO7. The molecule has 0 radical (unpaired) electrons. The molecule has 1 N–H and O–H groups in total. The number of fused-ring (bicyclic) bond motifs is 3. The number of halogens is 1. The molecule has 2 aromatic carbocycles. The first kappa shape index (κ1) is 24.4. The molecule has 5 rings (SSSR count). The highest BCUT2D eigenvalue weighted by Gasteiger charge is 2.53. The van der Waals surface area contributed by atoms with Crippen molar-refractivity contribution in [2.24, 2.45) is 5.92 Å². The van der Waals surface area contributed by atoms with Gasteiger partial charge in [-0.15, -0.1) is 12.4 Å². The summed E-state index contributed by atoms with van der Waals surface area (Å²) in [5.74, 6) is 1.24. The number of hydrogen-bond donors (Lipinski definition) is 1. The lowest BCUT2D eigenvalue weighted by Gasteiger charge is -2.44. The van der Waals surface area contributed by atoms with Crippen molar-refractivity contribution in [1.29, 1.82) is 0 Å². The van der Waals surface area contributed by atoms with Gasteiger partial charge >= 0.3 is 0 Å². The first-order valence-electron chi connectivity index (χ1n) is 11.3. The van der Waals surface area contributed by atoms with Crippen LogP contribution in [-0.2, 0) is 9.53 Å². The van der Waals surface area contributed by atoms with E-state index in [1.165, 1.54) is 14.2 Å². The second-order valence-corrected chi connectivity index (χ2v) is 8.52. The predicted molar refractivity (Wildman–Crippen MR) is 127 cm³/mol. The van der Waals surface area contributed by atoms with E-state index in [1.54, 1.807) is 12.1 Å². The van der Waals surface area contributed by atoms with E-state index >= 15 is 0 Å². The minimum atomic E-state index is -0.387. The summed E-state index contributed by atoms with van der Waals surface area (Å²) in [5.41, 5.74) is 2.87. The summed E-state index contributed by atoms with van der Waals surface area (Å²) in [5, 5.41) is 10.5. The van der Waals surface area contributed by atoms with Gasteiger partial charge in [-0.3, -0.25) is 9.69 Å². The van der Waals surface area contributed by atoms with Gasteiger partial charge in [0.05, 0.1) is 32.3 Å². The van der Waals surface area contributed by atoms with Crippen molar-refractivity contribution in [3.8, 4) is 28.7 Å². The molecule has 0 unspecified atom stereocenters. The number of methoxy groups -OCH3 is 2. The molecule has 2 aliphatic heterocycles. The van der Waals surface area contributed by atoms with Gasteiger partial charge in [0, 0.05) is 5.92 Å². The van der Waals surface area contributed by atoms with E-state index in [9.17, 15) is 9.90 Å². The molecule has 34 heavy (non-hydrogen) atoms. The zero-order chi connectivity index (χ0) is 23.3. The molecular weight excluding hydrogens is 462 g/mol. The van der Waals surface area contributed by atoms with Crippen LogP contribution in [0, 0.1) is 5.92 Å². The number of hydrogen-bond acceptors (Lipinski definition) is 8. The van der Waals surface area contributed by atoms with Crippen LogP contribution in [0.2, 0.25) is 0 Å². The highest BCUT2D eigenvalue weighted by atomic mass is 35.5.